The van der Waals surface area contributed by atoms with E-state index in [2.05, 4.69) is 23.6 Å². The van der Waals surface area contributed by atoms with Crippen molar-refractivity contribution in [2.24, 2.45) is 0 Å². The molecule has 2 heterocycles. The first-order valence-corrected chi connectivity index (χ1v) is 8.89. The fraction of sp³-hybridized carbons (Fsp3) is 0.684. The molecule has 3 atom stereocenters. The molecule has 2 aliphatic rings. The van der Waals surface area contributed by atoms with Gasteiger partial charge in [0.1, 0.15) is 5.82 Å². The third kappa shape index (κ3) is 3.59. The molecule has 2 bridgehead atoms. The first kappa shape index (κ1) is 16.9. The highest BCUT2D eigenvalue weighted by Crippen LogP contribution is 2.32. The maximum Gasteiger partial charge on any atom is 0.123 e. The van der Waals surface area contributed by atoms with Gasteiger partial charge in [0.2, 0.25) is 0 Å². The average molecular weight is 320 g/mol. The Labute approximate surface area is 139 Å². The van der Waals surface area contributed by atoms with Gasteiger partial charge in [-0.25, -0.2) is 4.39 Å². The predicted molar refractivity (Wildman–Crippen MR) is 90.9 cm³/mol. The monoisotopic (exact) mass is 320 g/mol. The zero-order valence-corrected chi connectivity index (χ0v) is 14.5. The SMILES string of the molecule is Cc1cc(F)ccc1C(O)CN1CCC2CCC(C1)N2C(C)C. The summed E-state index contributed by atoms with van der Waals surface area (Å²) in [7, 11) is 0. The maximum absolute atomic E-state index is 13.2. The Morgan fingerprint density at radius 2 is 1.96 bits per heavy atom. The third-order valence-corrected chi connectivity index (χ3v) is 5.54. The van der Waals surface area contributed by atoms with Gasteiger partial charge in [0.25, 0.3) is 0 Å². The van der Waals surface area contributed by atoms with Gasteiger partial charge in [0, 0.05) is 31.2 Å². The molecule has 0 saturated carbocycles. The molecule has 1 N–H and O–H groups in total. The number of benzene rings is 1. The van der Waals surface area contributed by atoms with E-state index in [0.29, 0.717) is 24.7 Å². The van der Waals surface area contributed by atoms with E-state index in [0.717, 1.165) is 24.2 Å². The van der Waals surface area contributed by atoms with Crippen molar-refractivity contribution in [2.45, 2.75) is 64.3 Å². The summed E-state index contributed by atoms with van der Waals surface area (Å²) in [6.45, 7) is 9.16. The molecule has 0 spiro atoms. The van der Waals surface area contributed by atoms with E-state index in [9.17, 15) is 9.50 Å². The Morgan fingerprint density at radius 1 is 1.22 bits per heavy atom. The first-order valence-electron chi connectivity index (χ1n) is 8.89. The largest absolute Gasteiger partial charge is 0.387 e. The number of halogens is 1. The first-order chi connectivity index (χ1) is 11.0. The van der Waals surface area contributed by atoms with Crippen LogP contribution in [0.2, 0.25) is 0 Å². The van der Waals surface area contributed by atoms with Crippen LogP contribution in [0.3, 0.4) is 0 Å². The van der Waals surface area contributed by atoms with Gasteiger partial charge in [-0.1, -0.05) is 6.07 Å². The van der Waals surface area contributed by atoms with E-state index in [1.165, 1.54) is 31.4 Å². The van der Waals surface area contributed by atoms with Crippen molar-refractivity contribution in [1.82, 2.24) is 9.80 Å². The van der Waals surface area contributed by atoms with Gasteiger partial charge in [-0.05, 0) is 69.8 Å². The van der Waals surface area contributed by atoms with Crippen molar-refractivity contribution in [2.75, 3.05) is 19.6 Å². The molecule has 1 aromatic rings. The lowest BCUT2D eigenvalue weighted by molar-refractivity contribution is 0.0999. The Kier molecular flexibility index (Phi) is 5.04. The molecule has 128 valence electrons. The van der Waals surface area contributed by atoms with Crippen LogP contribution in [0.5, 0.6) is 0 Å². The van der Waals surface area contributed by atoms with Gasteiger partial charge in [0.05, 0.1) is 6.10 Å². The predicted octanol–water partition coefficient (Wildman–Crippen LogP) is 3.11. The molecule has 1 aromatic carbocycles. The molecule has 0 radical (unpaired) electrons. The zero-order valence-electron chi connectivity index (χ0n) is 14.5. The quantitative estimate of drug-likeness (QED) is 0.923. The topological polar surface area (TPSA) is 26.7 Å². The number of hydrogen-bond donors (Lipinski definition) is 1. The van der Waals surface area contributed by atoms with E-state index in [1.54, 1.807) is 6.07 Å². The lowest BCUT2D eigenvalue weighted by Crippen LogP contribution is -2.43. The van der Waals surface area contributed by atoms with Crippen LogP contribution in [0, 0.1) is 12.7 Å². The van der Waals surface area contributed by atoms with Crippen molar-refractivity contribution >= 4 is 0 Å². The molecule has 23 heavy (non-hydrogen) atoms. The number of β-amino-alcohol motifs (C(OH)–C–C–N with tert-alkyl or cyclic N) is 1. The number of likely N-dealkylation sites (tertiary alicyclic amines) is 1. The van der Waals surface area contributed by atoms with Crippen molar-refractivity contribution in [1.29, 1.82) is 0 Å². The van der Waals surface area contributed by atoms with E-state index < -0.39 is 6.10 Å². The molecule has 3 unspecified atom stereocenters. The molecule has 2 saturated heterocycles. The zero-order chi connectivity index (χ0) is 16.6. The minimum absolute atomic E-state index is 0.238. The number of rotatable bonds is 4. The van der Waals surface area contributed by atoms with Gasteiger partial charge >= 0.3 is 0 Å². The number of aliphatic hydroxyl groups is 1. The van der Waals surface area contributed by atoms with Gasteiger partial charge in [0.15, 0.2) is 0 Å². The Morgan fingerprint density at radius 3 is 2.65 bits per heavy atom. The Hall–Kier alpha value is -0.970. The van der Waals surface area contributed by atoms with Gasteiger partial charge in [-0.2, -0.15) is 0 Å². The fourth-order valence-electron chi connectivity index (χ4n) is 4.55. The van der Waals surface area contributed by atoms with Crippen molar-refractivity contribution < 1.29 is 9.50 Å². The van der Waals surface area contributed by atoms with Gasteiger partial charge < -0.3 is 5.11 Å². The van der Waals surface area contributed by atoms with Gasteiger partial charge in [-0.3, -0.25) is 9.80 Å². The lowest BCUT2D eigenvalue weighted by atomic mass is 10.0. The van der Waals surface area contributed by atoms with Crippen LogP contribution in [0.1, 0.15) is 50.3 Å². The summed E-state index contributed by atoms with van der Waals surface area (Å²) < 4.78 is 13.2. The summed E-state index contributed by atoms with van der Waals surface area (Å²) in [5.74, 6) is -0.238. The summed E-state index contributed by atoms with van der Waals surface area (Å²) in [6.07, 6.45) is 3.23. The number of aryl methyl sites for hydroxylation is 1. The molecule has 4 heteroatoms. The molecule has 2 aliphatic heterocycles. The highest BCUT2D eigenvalue weighted by Gasteiger charge is 2.38. The Balaban J connectivity index is 1.66. The molecule has 0 aliphatic carbocycles. The number of fused-ring (bicyclic) bond motifs is 2. The van der Waals surface area contributed by atoms with Crippen LogP contribution in [-0.4, -0.2) is 52.7 Å². The van der Waals surface area contributed by atoms with Crippen LogP contribution >= 0.6 is 0 Å². The second-order valence-electron chi connectivity index (χ2n) is 7.49. The summed E-state index contributed by atoms with van der Waals surface area (Å²) in [5, 5.41) is 10.6. The summed E-state index contributed by atoms with van der Waals surface area (Å²) in [4.78, 5) is 5.07. The van der Waals surface area contributed by atoms with E-state index >= 15 is 0 Å². The standard InChI is InChI=1S/C19H29FN2O/c1-13(2)22-16-5-6-17(22)11-21(9-8-16)12-19(23)18-7-4-15(20)10-14(18)3/h4,7,10,13,16-17,19,23H,5-6,8-9,11-12H2,1-3H3. The van der Waals surface area contributed by atoms with Crippen molar-refractivity contribution in [3.63, 3.8) is 0 Å². The molecule has 0 amide bonds. The van der Waals surface area contributed by atoms with Gasteiger partial charge in [-0.15, -0.1) is 0 Å². The highest BCUT2D eigenvalue weighted by molar-refractivity contribution is 5.28. The smallest absolute Gasteiger partial charge is 0.123 e. The van der Waals surface area contributed by atoms with Crippen LogP contribution in [0.4, 0.5) is 4.39 Å². The number of nitrogens with zero attached hydrogens (tertiary/aromatic N) is 2. The van der Waals surface area contributed by atoms with Crippen LogP contribution in [0.15, 0.2) is 18.2 Å². The lowest BCUT2D eigenvalue weighted by Gasteiger charge is -2.32. The van der Waals surface area contributed by atoms with E-state index in [-0.39, 0.29) is 5.82 Å². The van der Waals surface area contributed by atoms with Crippen molar-refractivity contribution in [3.05, 3.63) is 35.1 Å². The Bertz CT molecular complexity index is 548. The van der Waals surface area contributed by atoms with E-state index in [1.807, 2.05) is 6.92 Å². The molecule has 0 aromatic heterocycles. The normalized spacial score (nSPS) is 27.4. The van der Waals surface area contributed by atoms with Crippen LogP contribution in [0.25, 0.3) is 0 Å². The minimum atomic E-state index is -0.542. The van der Waals surface area contributed by atoms with Crippen molar-refractivity contribution in [3.8, 4) is 0 Å². The number of hydrogen-bond acceptors (Lipinski definition) is 3. The van der Waals surface area contributed by atoms with Crippen LogP contribution in [-0.2, 0) is 0 Å². The van der Waals surface area contributed by atoms with E-state index in [4.69, 9.17) is 0 Å². The molecular formula is C19H29FN2O. The third-order valence-electron chi connectivity index (χ3n) is 5.54. The summed E-state index contributed by atoms with van der Waals surface area (Å²) in [6, 6.07) is 6.58. The second kappa shape index (κ2) is 6.88. The molecule has 2 fully saturated rings. The number of aliphatic hydroxyl groups excluding tert-OH is 1. The maximum atomic E-state index is 13.2. The summed E-state index contributed by atoms with van der Waals surface area (Å²) in [5.41, 5.74) is 1.68. The molecule has 3 nitrogen and oxygen atoms in total. The average Bonchev–Trinajstić information content (AvgIpc) is 2.77. The van der Waals surface area contributed by atoms with Crippen LogP contribution < -0.4 is 0 Å². The minimum Gasteiger partial charge on any atom is -0.387 e. The second-order valence-corrected chi connectivity index (χ2v) is 7.49. The molecular weight excluding hydrogens is 291 g/mol. The fourth-order valence-corrected chi connectivity index (χ4v) is 4.55. The molecule has 3 rings (SSSR count). The summed E-state index contributed by atoms with van der Waals surface area (Å²) >= 11 is 0. The highest BCUT2D eigenvalue weighted by atomic mass is 19.1.